The van der Waals surface area contributed by atoms with Gasteiger partial charge >= 0.3 is 0 Å². The molecular formula is C13H12ClNO2. The van der Waals surface area contributed by atoms with Crippen LogP contribution >= 0.6 is 11.6 Å². The Morgan fingerprint density at radius 3 is 2.71 bits per heavy atom. The molecule has 1 saturated carbocycles. The van der Waals surface area contributed by atoms with Crippen molar-refractivity contribution in [1.29, 1.82) is 0 Å². The molecule has 0 spiro atoms. The first-order valence-corrected chi connectivity index (χ1v) is 6.20. The summed E-state index contributed by atoms with van der Waals surface area (Å²) in [5.74, 6) is -0.276. The van der Waals surface area contributed by atoms with E-state index in [4.69, 9.17) is 11.6 Å². The zero-order chi connectivity index (χ0) is 12.0. The average molecular weight is 250 g/mol. The third-order valence-electron chi connectivity index (χ3n) is 3.60. The number of amides is 1. The lowest BCUT2D eigenvalue weighted by Crippen LogP contribution is -2.36. The minimum absolute atomic E-state index is 0.406. The van der Waals surface area contributed by atoms with E-state index in [0.29, 0.717) is 28.7 Å². The lowest BCUT2D eigenvalue weighted by molar-refractivity contribution is -0.114. The molecule has 1 aromatic rings. The van der Waals surface area contributed by atoms with Gasteiger partial charge in [0, 0.05) is 11.6 Å². The molecule has 0 bridgehead atoms. The molecule has 1 aromatic carbocycles. The number of benzene rings is 1. The number of hydrogen-bond donors (Lipinski definition) is 0. The second kappa shape index (κ2) is 3.84. The second-order valence-electron chi connectivity index (χ2n) is 4.70. The van der Waals surface area contributed by atoms with Crippen LogP contribution in [0.2, 0.25) is 5.02 Å². The lowest BCUT2D eigenvalue weighted by Gasteiger charge is -2.30. The van der Waals surface area contributed by atoms with E-state index >= 15 is 0 Å². The molecule has 0 saturated heterocycles. The van der Waals surface area contributed by atoms with Gasteiger partial charge in [-0.3, -0.25) is 9.59 Å². The summed E-state index contributed by atoms with van der Waals surface area (Å²) in [6.07, 6.45) is 3.52. The zero-order valence-corrected chi connectivity index (χ0v) is 10.0. The number of hydrogen-bond acceptors (Lipinski definition) is 2. The van der Waals surface area contributed by atoms with Gasteiger partial charge in [-0.05, 0) is 37.0 Å². The highest BCUT2D eigenvalue weighted by Crippen LogP contribution is 2.35. The summed E-state index contributed by atoms with van der Waals surface area (Å²) in [4.78, 5) is 25.2. The van der Waals surface area contributed by atoms with Gasteiger partial charge in [0.25, 0.3) is 11.7 Å². The lowest BCUT2D eigenvalue weighted by atomic mass is 9.85. The summed E-state index contributed by atoms with van der Waals surface area (Å²) in [7, 11) is 0. The first-order chi connectivity index (χ1) is 8.16. The molecule has 88 valence electrons. The van der Waals surface area contributed by atoms with Crippen molar-refractivity contribution < 1.29 is 9.59 Å². The van der Waals surface area contributed by atoms with Crippen molar-refractivity contribution in [3.63, 3.8) is 0 Å². The molecule has 1 heterocycles. The van der Waals surface area contributed by atoms with Crippen molar-refractivity contribution in [3.8, 4) is 0 Å². The minimum Gasteiger partial charge on any atom is -0.304 e. The minimum atomic E-state index is -0.408. The number of ketones is 1. The van der Waals surface area contributed by atoms with E-state index in [-0.39, 0.29) is 0 Å². The maximum atomic E-state index is 11.9. The van der Waals surface area contributed by atoms with Crippen LogP contribution in [0.3, 0.4) is 0 Å². The van der Waals surface area contributed by atoms with Crippen molar-refractivity contribution >= 4 is 29.0 Å². The molecule has 1 aliphatic carbocycles. The van der Waals surface area contributed by atoms with Gasteiger partial charge in [-0.2, -0.15) is 0 Å². The standard InChI is InChI=1S/C13H12ClNO2/c14-9-4-5-10-11(6-9)15(13(17)12(10)16)7-8-2-1-3-8/h4-6,8H,1-3,7H2. The van der Waals surface area contributed by atoms with E-state index in [1.54, 1.807) is 23.1 Å². The normalized spacial score (nSPS) is 19.5. The second-order valence-corrected chi connectivity index (χ2v) is 5.14. The Morgan fingerprint density at radius 2 is 2.06 bits per heavy atom. The van der Waals surface area contributed by atoms with E-state index < -0.39 is 11.7 Å². The third kappa shape index (κ3) is 1.65. The molecule has 3 nitrogen and oxygen atoms in total. The summed E-state index contributed by atoms with van der Waals surface area (Å²) < 4.78 is 0. The molecule has 0 N–H and O–H groups in total. The first-order valence-electron chi connectivity index (χ1n) is 5.82. The number of anilines is 1. The third-order valence-corrected chi connectivity index (χ3v) is 3.84. The van der Waals surface area contributed by atoms with Crippen LogP contribution in [0.4, 0.5) is 5.69 Å². The van der Waals surface area contributed by atoms with Crippen molar-refractivity contribution in [3.05, 3.63) is 28.8 Å². The fraction of sp³-hybridized carbons (Fsp3) is 0.385. The van der Waals surface area contributed by atoms with Gasteiger partial charge in [0.1, 0.15) is 0 Å². The summed E-state index contributed by atoms with van der Waals surface area (Å²) >= 11 is 5.92. The molecule has 3 rings (SSSR count). The summed E-state index contributed by atoms with van der Waals surface area (Å²) in [6.45, 7) is 0.651. The Bertz CT molecular complexity index is 508. The van der Waals surface area contributed by atoms with Crippen LogP contribution < -0.4 is 4.90 Å². The van der Waals surface area contributed by atoms with Crippen molar-refractivity contribution in [2.75, 3.05) is 11.4 Å². The Labute approximate surface area is 104 Å². The van der Waals surface area contributed by atoms with Crippen LogP contribution in [0.15, 0.2) is 18.2 Å². The number of Topliss-reactive ketones (excluding diaryl/α,β-unsaturated/α-hetero) is 1. The molecule has 0 atom stereocenters. The number of fused-ring (bicyclic) bond motifs is 1. The number of carbonyl (C=O) groups is 2. The molecule has 0 aromatic heterocycles. The molecule has 4 heteroatoms. The summed E-state index contributed by atoms with van der Waals surface area (Å²) in [5.41, 5.74) is 1.16. The SMILES string of the molecule is O=C1C(=O)N(CC2CCC2)c2cc(Cl)ccc21. The van der Waals surface area contributed by atoms with Gasteiger partial charge < -0.3 is 4.90 Å². The molecule has 1 fully saturated rings. The largest absolute Gasteiger partial charge is 0.304 e. The van der Waals surface area contributed by atoms with Crippen molar-refractivity contribution in [1.82, 2.24) is 0 Å². The highest BCUT2D eigenvalue weighted by atomic mass is 35.5. The highest BCUT2D eigenvalue weighted by molar-refractivity contribution is 6.52. The molecule has 2 aliphatic rings. The van der Waals surface area contributed by atoms with Crippen molar-refractivity contribution in [2.24, 2.45) is 5.92 Å². The molecule has 17 heavy (non-hydrogen) atoms. The molecule has 1 amide bonds. The van der Waals surface area contributed by atoms with Crippen LogP contribution in [0.5, 0.6) is 0 Å². The Morgan fingerprint density at radius 1 is 1.29 bits per heavy atom. The van der Waals surface area contributed by atoms with Gasteiger partial charge in [0.2, 0.25) is 0 Å². The monoisotopic (exact) mass is 249 g/mol. The topological polar surface area (TPSA) is 37.4 Å². The van der Waals surface area contributed by atoms with E-state index in [0.717, 1.165) is 12.8 Å². The molecule has 0 radical (unpaired) electrons. The van der Waals surface area contributed by atoms with Crippen LogP contribution in [0.25, 0.3) is 0 Å². The van der Waals surface area contributed by atoms with E-state index in [1.165, 1.54) is 6.42 Å². The maximum Gasteiger partial charge on any atom is 0.299 e. The van der Waals surface area contributed by atoms with Crippen molar-refractivity contribution in [2.45, 2.75) is 19.3 Å². The molecule has 0 unspecified atom stereocenters. The van der Waals surface area contributed by atoms with Gasteiger partial charge in [0.05, 0.1) is 11.3 Å². The van der Waals surface area contributed by atoms with Gasteiger partial charge in [-0.1, -0.05) is 18.0 Å². The van der Waals surface area contributed by atoms with Crippen LogP contribution in [-0.2, 0) is 4.79 Å². The first kappa shape index (κ1) is 10.8. The zero-order valence-electron chi connectivity index (χ0n) is 9.28. The van der Waals surface area contributed by atoms with Crippen LogP contribution in [0, 0.1) is 5.92 Å². The van der Waals surface area contributed by atoms with E-state index in [1.807, 2.05) is 0 Å². The maximum absolute atomic E-state index is 11.9. The smallest absolute Gasteiger partial charge is 0.299 e. The quantitative estimate of drug-likeness (QED) is 0.756. The Hall–Kier alpha value is -1.35. The number of halogens is 1. The van der Waals surface area contributed by atoms with Crippen LogP contribution in [-0.4, -0.2) is 18.2 Å². The number of carbonyl (C=O) groups excluding carboxylic acids is 2. The van der Waals surface area contributed by atoms with E-state index in [2.05, 4.69) is 0 Å². The highest BCUT2D eigenvalue weighted by Gasteiger charge is 2.37. The Kier molecular flexibility index (Phi) is 2.44. The van der Waals surface area contributed by atoms with Gasteiger partial charge in [-0.15, -0.1) is 0 Å². The fourth-order valence-electron chi connectivity index (χ4n) is 2.38. The van der Waals surface area contributed by atoms with E-state index in [9.17, 15) is 9.59 Å². The summed E-state index contributed by atoms with van der Waals surface area (Å²) in [6, 6.07) is 5.00. The molecular weight excluding hydrogens is 238 g/mol. The predicted octanol–water partition coefficient (Wildman–Crippen LogP) is 2.67. The Balaban J connectivity index is 1.96. The summed E-state index contributed by atoms with van der Waals surface area (Å²) in [5, 5.41) is 0.560. The van der Waals surface area contributed by atoms with Gasteiger partial charge in [-0.25, -0.2) is 0 Å². The van der Waals surface area contributed by atoms with Gasteiger partial charge in [0.15, 0.2) is 0 Å². The number of rotatable bonds is 2. The average Bonchev–Trinajstić information content (AvgIpc) is 2.47. The fourth-order valence-corrected chi connectivity index (χ4v) is 2.55. The predicted molar refractivity (Wildman–Crippen MR) is 65.5 cm³/mol. The molecule has 1 aliphatic heterocycles. The number of nitrogens with zero attached hydrogens (tertiary/aromatic N) is 1. The van der Waals surface area contributed by atoms with Crippen LogP contribution in [0.1, 0.15) is 29.6 Å².